The lowest BCUT2D eigenvalue weighted by molar-refractivity contribution is 0.678. The molecule has 0 atom stereocenters. The molecule has 0 amide bonds. The Morgan fingerprint density at radius 3 is 1.18 bits per heavy atom. The molecule has 4 heteroatoms. The lowest BCUT2D eigenvalue weighted by Crippen LogP contribution is -2.31. The topological polar surface area (TPSA) is 13.0 Å². The van der Waals surface area contributed by atoms with Gasteiger partial charge in [0, 0.05) is 24.5 Å². The zero-order valence-electron chi connectivity index (χ0n) is 23.1. The van der Waals surface area contributed by atoms with Crippen LogP contribution >= 0.6 is 0 Å². The third kappa shape index (κ3) is 4.49. The molecule has 2 aliphatic rings. The highest BCUT2D eigenvalue weighted by Crippen LogP contribution is 2.43. The molecule has 4 aromatic carbocycles. The first-order valence-electron chi connectivity index (χ1n) is 13.9. The van der Waals surface area contributed by atoms with Crippen molar-refractivity contribution in [3.63, 3.8) is 0 Å². The average Bonchev–Trinajstić information content (AvgIpc) is 3.46. The maximum Gasteiger partial charge on any atom is 0.0953 e. The van der Waals surface area contributed by atoms with Gasteiger partial charge in [0.1, 0.15) is 0 Å². The number of para-hydroxylation sites is 2. The van der Waals surface area contributed by atoms with Gasteiger partial charge in [-0.3, -0.25) is 0 Å². The molecule has 0 aliphatic carbocycles. The summed E-state index contributed by atoms with van der Waals surface area (Å²) >= 11 is 0. The highest BCUT2D eigenvalue weighted by molar-refractivity contribution is 5.84. The smallest absolute Gasteiger partial charge is 0.0953 e. The molecule has 6 rings (SSSR count). The van der Waals surface area contributed by atoms with Gasteiger partial charge < -0.3 is 19.6 Å². The first-order chi connectivity index (χ1) is 18.5. The van der Waals surface area contributed by atoms with Gasteiger partial charge >= 0.3 is 0 Å². The second-order valence-electron chi connectivity index (χ2n) is 10.9. The molecule has 0 N–H and O–H groups in total. The second kappa shape index (κ2) is 10.1. The average molecular weight is 503 g/mol. The van der Waals surface area contributed by atoms with Gasteiger partial charge in [-0.1, -0.05) is 36.4 Å². The van der Waals surface area contributed by atoms with E-state index in [0.29, 0.717) is 0 Å². The summed E-state index contributed by atoms with van der Waals surface area (Å²) in [6, 6.07) is 31.1. The van der Waals surface area contributed by atoms with Crippen molar-refractivity contribution < 1.29 is 0 Å². The molecular weight excluding hydrogens is 464 g/mol. The van der Waals surface area contributed by atoms with Crippen molar-refractivity contribution in [3.8, 4) is 0 Å². The summed E-state index contributed by atoms with van der Waals surface area (Å²) in [6.45, 7) is 12.8. The van der Waals surface area contributed by atoms with E-state index < -0.39 is 0 Å². The highest BCUT2D eigenvalue weighted by atomic mass is 15.4. The van der Waals surface area contributed by atoms with E-state index >= 15 is 0 Å². The van der Waals surface area contributed by atoms with Crippen LogP contribution in [-0.4, -0.2) is 26.4 Å². The van der Waals surface area contributed by atoms with Crippen molar-refractivity contribution in [2.24, 2.45) is 0 Å². The van der Waals surface area contributed by atoms with Crippen molar-refractivity contribution in [2.75, 3.05) is 46.0 Å². The van der Waals surface area contributed by atoms with Crippen LogP contribution in [-0.2, 0) is 0 Å². The van der Waals surface area contributed by atoms with Crippen LogP contribution in [0.15, 0.2) is 84.9 Å². The van der Waals surface area contributed by atoms with E-state index in [1.165, 1.54) is 56.4 Å². The number of aryl methyl sites for hydroxylation is 4. The Balaban J connectivity index is 1.16. The number of benzene rings is 4. The minimum Gasteiger partial charge on any atom is -0.352 e. The molecule has 2 heterocycles. The SMILES string of the molecule is Cc1cc2c(cc1C)N(c1ccccc1)CN2CCCCN1CN(c2ccccc2)c2cc(C)c(C)cc21. The van der Waals surface area contributed by atoms with E-state index in [1.54, 1.807) is 0 Å². The molecule has 4 nitrogen and oxygen atoms in total. The van der Waals surface area contributed by atoms with Gasteiger partial charge in [-0.05, 0) is 111 Å². The van der Waals surface area contributed by atoms with Gasteiger partial charge in [0.25, 0.3) is 0 Å². The summed E-state index contributed by atoms with van der Waals surface area (Å²) in [5, 5.41) is 0. The van der Waals surface area contributed by atoms with Crippen LogP contribution in [0.1, 0.15) is 35.1 Å². The zero-order valence-corrected chi connectivity index (χ0v) is 23.1. The van der Waals surface area contributed by atoms with Crippen LogP contribution in [0.25, 0.3) is 0 Å². The van der Waals surface area contributed by atoms with Crippen LogP contribution < -0.4 is 19.6 Å². The predicted octanol–water partition coefficient (Wildman–Crippen LogP) is 8.23. The molecule has 4 aromatic rings. The largest absolute Gasteiger partial charge is 0.352 e. The summed E-state index contributed by atoms with van der Waals surface area (Å²) in [6.07, 6.45) is 2.33. The monoisotopic (exact) mass is 502 g/mol. The second-order valence-corrected chi connectivity index (χ2v) is 10.9. The number of hydrogen-bond donors (Lipinski definition) is 0. The predicted molar refractivity (Wildman–Crippen MR) is 163 cm³/mol. The molecule has 0 saturated heterocycles. The minimum absolute atomic E-state index is 0.912. The Morgan fingerprint density at radius 2 is 0.816 bits per heavy atom. The molecular formula is C34H38N4. The quantitative estimate of drug-likeness (QED) is 0.236. The number of fused-ring (bicyclic) bond motifs is 2. The first kappa shape index (κ1) is 24.4. The fourth-order valence-corrected chi connectivity index (χ4v) is 5.80. The van der Waals surface area contributed by atoms with Crippen molar-refractivity contribution in [3.05, 3.63) is 107 Å². The van der Waals surface area contributed by atoms with E-state index in [1.807, 2.05) is 0 Å². The van der Waals surface area contributed by atoms with E-state index in [0.717, 1.165) is 39.3 Å². The molecule has 2 aliphatic heterocycles. The molecule has 38 heavy (non-hydrogen) atoms. The lowest BCUT2D eigenvalue weighted by atomic mass is 10.1. The molecule has 194 valence electrons. The normalized spacial score (nSPS) is 14.3. The Labute approximate surface area is 227 Å². The summed E-state index contributed by atoms with van der Waals surface area (Å²) in [5.41, 5.74) is 13.4. The van der Waals surface area contributed by atoms with E-state index in [2.05, 4.69) is 132 Å². The maximum absolute atomic E-state index is 2.57. The Kier molecular flexibility index (Phi) is 6.49. The number of hydrogen-bond acceptors (Lipinski definition) is 4. The van der Waals surface area contributed by atoms with Crippen LogP contribution in [0.3, 0.4) is 0 Å². The molecule has 0 spiro atoms. The van der Waals surface area contributed by atoms with E-state index in [4.69, 9.17) is 0 Å². The van der Waals surface area contributed by atoms with Gasteiger partial charge in [-0.15, -0.1) is 0 Å². The van der Waals surface area contributed by atoms with Crippen molar-refractivity contribution in [1.82, 2.24) is 0 Å². The Hall–Kier alpha value is -3.92. The van der Waals surface area contributed by atoms with E-state index in [9.17, 15) is 0 Å². The minimum atomic E-state index is 0.912. The highest BCUT2D eigenvalue weighted by Gasteiger charge is 2.29. The molecule has 0 saturated carbocycles. The fourth-order valence-electron chi connectivity index (χ4n) is 5.80. The summed E-state index contributed by atoms with van der Waals surface area (Å²) in [7, 11) is 0. The van der Waals surface area contributed by atoms with Gasteiger partial charge in [0.05, 0.1) is 36.1 Å². The number of nitrogens with zero attached hydrogens (tertiary/aromatic N) is 4. The van der Waals surface area contributed by atoms with Gasteiger partial charge in [-0.2, -0.15) is 0 Å². The summed E-state index contributed by atoms with van der Waals surface area (Å²) in [5.74, 6) is 0. The van der Waals surface area contributed by atoms with Crippen molar-refractivity contribution in [2.45, 2.75) is 40.5 Å². The van der Waals surface area contributed by atoms with E-state index in [-0.39, 0.29) is 0 Å². The van der Waals surface area contributed by atoms with Crippen LogP contribution in [0.2, 0.25) is 0 Å². The molecule has 0 fully saturated rings. The van der Waals surface area contributed by atoms with Crippen molar-refractivity contribution in [1.29, 1.82) is 0 Å². The summed E-state index contributed by atoms with van der Waals surface area (Å²) in [4.78, 5) is 10.1. The maximum atomic E-state index is 2.57. The third-order valence-corrected chi connectivity index (χ3v) is 8.31. The third-order valence-electron chi connectivity index (χ3n) is 8.31. The molecule has 0 unspecified atom stereocenters. The lowest BCUT2D eigenvalue weighted by Gasteiger charge is -2.24. The van der Waals surface area contributed by atoms with Gasteiger partial charge in [-0.25, -0.2) is 0 Å². The number of unbranched alkanes of at least 4 members (excludes halogenated alkanes) is 1. The van der Waals surface area contributed by atoms with Crippen LogP contribution in [0, 0.1) is 27.7 Å². The first-order valence-corrected chi connectivity index (χ1v) is 13.9. The van der Waals surface area contributed by atoms with Gasteiger partial charge in [0.15, 0.2) is 0 Å². The van der Waals surface area contributed by atoms with Gasteiger partial charge in [0.2, 0.25) is 0 Å². The van der Waals surface area contributed by atoms with Crippen LogP contribution in [0.4, 0.5) is 34.1 Å². The molecule has 0 aromatic heterocycles. The number of anilines is 6. The number of rotatable bonds is 7. The Bertz CT molecular complexity index is 1320. The molecule has 0 radical (unpaired) electrons. The standard InChI is InChI=1S/C34H38N4/c1-25-19-31-33(21-27(25)3)37(29-13-7-5-8-14-29)23-35(31)17-11-12-18-36-24-38(30-15-9-6-10-16-30)34-22-28(4)26(2)20-32(34)36/h5-10,13-16,19-22H,11-12,17-18,23-24H2,1-4H3. The van der Waals surface area contributed by atoms with Crippen LogP contribution in [0.5, 0.6) is 0 Å². The zero-order chi connectivity index (χ0) is 26.2. The molecule has 0 bridgehead atoms. The fraction of sp³-hybridized carbons (Fsp3) is 0.294. The van der Waals surface area contributed by atoms with Crippen molar-refractivity contribution >= 4 is 34.1 Å². The Morgan fingerprint density at radius 1 is 0.474 bits per heavy atom. The summed E-state index contributed by atoms with van der Waals surface area (Å²) < 4.78 is 0.